The van der Waals surface area contributed by atoms with Crippen LogP contribution in [0.5, 0.6) is 11.5 Å². The van der Waals surface area contributed by atoms with E-state index < -0.39 is 11.7 Å². The number of pyridine rings is 1. The molecule has 7 rings (SSSR count). The van der Waals surface area contributed by atoms with Crippen molar-refractivity contribution in [1.29, 1.82) is 0 Å². The van der Waals surface area contributed by atoms with Crippen molar-refractivity contribution in [3.8, 4) is 11.5 Å². The van der Waals surface area contributed by atoms with Crippen molar-refractivity contribution in [2.45, 2.75) is 37.9 Å². The van der Waals surface area contributed by atoms with Crippen LogP contribution < -0.4 is 15.0 Å². The normalized spacial score (nSPS) is 17.4. The van der Waals surface area contributed by atoms with Gasteiger partial charge < -0.3 is 14.6 Å². The predicted octanol–water partition coefficient (Wildman–Crippen LogP) is 6.36. The maximum atomic E-state index is 13.9. The second kappa shape index (κ2) is 10.9. The lowest BCUT2D eigenvalue weighted by Gasteiger charge is -2.22. The number of nitrogens with one attached hydrogen (secondary N) is 1. The molecule has 1 saturated heterocycles. The number of aromatic nitrogens is 6. The van der Waals surface area contributed by atoms with Crippen molar-refractivity contribution in [3.05, 3.63) is 59.1 Å². The number of alkyl halides is 3. The third-order valence-electron chi connectivity index (χ3n) is 8.43. The largest absolute Gasteiger partial charge is 0.450 e. The molecule has 4 aromatic heterocycles. The van der Waals surface area contributed by atoms with Gasteiger partial charge >= 0.3 is 6.18 Å². The van der Waals surface area contributed by atoms with Crippen molar-refractivity contribution >= 4 is 51.6 Å². The molecule has 5 heterocycles. The third-order valence-corrected chi connectivity index (χ3v) is 8.79. The van der Waals surface area contributed by atoms with Gasteiger partial charge in [-0.3, -0.25) is 14.6 Å². The minimum absolute atomic E-state index is 0.0246. The van der Waals surface area contributed by atoms with E-state index in [4.69, 9.17) is 16.3 Å². The van der Waals surface area contributed by atoms with Crippen molar-refractivity contribution in [3.63, 3.8) is 0 Å². The number of hydrogen-bond acceptors (Lipinski definition) is 8. The zero-order valence-corrected chi connectivity index (χ0v) is 25.4. The summed E-state index contributed by atoms with van der Waals surface area (Å²) >= 11 is 6.79. The molecule has 234 valence electrons. The van der Waals surface area contributed by atoms with E-state index in [0.717, 1.165) is 38.3 Å². The van der Waals surface area contributed by atoms with Crippen LogP contribution in [-0.2, 0) is 18.0 Å². The lowest BCUT2D eigenvalue weighted by atomic mass is 10.0. The van der Waals surface area contributed by atoms with Gasteiger partial charge in [-0.1, -0.05) is 11.6 Å². The molecule has 15 heteroatoms. The highest BCUT2D eigenvalue weighted by Gasteiger charge is 2.34. The maximum absolute atomic E-state index is 13.9. The highest BCUT2D eigenvalue weighted by atomic mass is 35.5. The summed E-state index contributed by atoms with van der Waals surface area (Å²) in [5, 5.41) is 7.60. The Balaban J connectivity index is 1.17. The van der Waals surface area contributed by atoms with Crippen LogP contribution in [0.15, 0.2) is 43.0 Å². The van der Waals surface area contributed by atoms with Crippen molar-refractivity contribution < 1.29 is 22.7 Å². The van der Waals surface area contributed by atoms with Crippen LogP contribution in [0, 0.1) is 5.92 Å². The summed E-state index contributed by atoms with van der Waals surface area (Å²) in [6, 6.07) is 3.93. The Morgan fingerprint density at radius 3 is 2.60 bits per heavy atom. The summed E-state index contributed by atoms with van der Waals surface area (Å²) in [6.07, 6.45) is 5.12. The molecular formula is C30H29ClF3N9O2. The second-order valence-corrected chi connectivity index (χ2v) is 11.9. The number of imidazole rings is 1. The first-order valence-corrected chi connectivity index (χ1v) is 14.8. The highest BCUT2D eigenvalue weighted by molar-refractivity contribution is 6.36. The van der Waals surface area contributed by atoms with Crippen LogP contribution in [0.3, 0.4) is 0 Å². The molecule has 2 aliphatic rings. The van der Waals surface area contributed by atoms with Crippen LogP contribution in [0.2, 0.25) is 5.02 Å². The first-order valence-electron chi connectivity index (χ1n) is 14.5. The molecule has 2 fully saturated rings. The molecule has 45 heavy (non-hydrogen) atoms. The summed E-state index contributed by atoms with van der Waals surface area (Å²) in [4.78, 5) is 29.4. The zero-order valence-electron chi connectivity index (χ0n) is 24.6. The highest BCUT2D eigenvalue weighted by Crippen LogP contribution is 2.40. The number of benzene rings is 1. The van der Waals surface area contributed by atoms with Gasteiger partial charge in [0.25, 0.3) is 0 Å². The maximum Gasteiger partial charge on any atom is 0.416 e. The minimum atomic E-state index is -4.51. The molecule has 1 saturated carbocycles. The van der Waals surface area contributed by atoms with Crippen LogP contribution in [0.25, 0.3) is 16.7 Å². The average Bonchev–Trinajstić information content (AvgIpc) is 3.53. The Bertz CT molecular complexity index is 1950. The smallest absolute Gasteiger partial charge is 0.416 e. The van der Waals surface area contributed by atoms with Gasteiger partial charge in [-0.05, 0) is 63.0 Å². The molecule has 5 aromatic rings. The van der Waals surface area contributed by atoms with E-state index in [1.807, 2.05) is 7.05 Å². The summed E-state index contributed by atoms with van der Waals surface area (Å²) < 4.78 is 50.8. The molecule has 1 aliphatic carbocycles. The fraction of sp³-hybridized carbons (Fsp3) is 0.367. The summed E-state index contributed by atoms with van der Waals surface area (Å²) in [5.74, 6) is 1.40. The Morgan fingerprint density at radius 2 is 1.89 bits per heavy atom. The first kappa shape index (κ1) is 29.3. The molecule has 1 N–H and O–H groups in total. The molecule has 1 aromatic carbocycles. The third kappa shape index (κ3) is 5.41. The van der Waals surface area contributed by atoms with E-state index in [9.17, 15) is 18.0 Å². The average molecular weight is 640 g/mol. The molecule has 1 atom stereocenters. The topological polar surface area (TPSA) is 106 Å². The molecule has 11 nitrogen and oxygen atoms in total. The molecule has 1 amide bonds. The fourth-order valence-corrected chi connectivity index (χ4v) is 6.07. The summed E-state index contributed by atoms with van der Waals surface area (Å²) in [5.41, 5.74) is 1.38. The Kier molecular flexibility index (Phi) is 7.08. The van der Waals surface area contributed by atoms with E-state index >= 15 is 0 Å². The number of carbonyl (C=O) groups is 1. The van der Waals surface area contributed by atoms with E-state index in [1.54, 1.807) is 41.6 Å². The summed E-state index contributed by atoms with van der Waals surface area (Å²) in [6.45, 7) is 0.828. The van der Waals surface area contributed by atoms with E-state index in [0.29, 0.717) is 28.2 Å². The van der Waals surface area contributed by atoms with E-state index in [1.165, 1.54) is 23.4 Å². The van der Waals surface area contributed by atoms with Gasteiger partial charge in [-0.15, -0.1) is 0 Å². The van der Waals surface area contributed by atoms with Crippen LogP contribution in [-0.4, -0.2) is 60.6 Å². The lowest BCUT2D eigenvalue weighted by molar-refractivity contribution is -0.137. The van der Waals surface area contributed by atoms with E-state index in [-0.39, 0.29) is 45.9 Å². The van der Waals surface area contributed by atoms with Gasteiger partial charge in [0.1, 0.15) is 16.1 Å². The molecule has 0 radical (unpaired) electrons. The monoisotopic (exact) mass is 639 g/mol. The lowest BCUT2D eigenvalue weighted by Crippen LogP contribution is -2.28. The molecule has 1 aliphatic heterocycles. The summed E-state index contributed by atoms with van der Waals surface area (Å²) in [7, 11) is 5.30. The Labute approximate surface area is 260 Å². The van der Waals surface area contributed by atoms with E-state index in [2.05, 4.69) is 30.3 Å². The minimum Gasteiger partial charge on any atom is -0.450 e. The number of aryl methyl sites for hydroxylation is 1. The molecule has 0 bridgehead atoms. The quantitative estimate of drug-likeness (QED) is 0.219. The number of likely N-dealkylation sites (tertiary alicyclic amines) is 1. The number of fused-ring (bicyclic) bond motifs is 2. The SMILES string of the molecule is CN(C(=O)C1CC1)c1cn2ncc(Oc3cnc4nc(Nc5cc(C6CCCN6C)cc(C(F)(F)F)c5)n(C)c4c3Cl)c2cn1. The number of halogens is 4. The zero-order chi connectivity index (χ0) is 31.6. The number of nitrogens with zero attached hydrogens (tertiary/aromatic N) is 8. The number of anilines is 3. The standard InChI is InChI=1S/C30H29ClF3N9O2/c1-40-8-4-5-20(40)17-9-18(30(32,33)34)11-19(10-17)38-29-39-27-26(42(29)3)25(31)23(13-36-27)45-22-14-37-43-15-24(35-12-21(22)43)41(2)28(44)16-6-7-16/h9-16,20H,4-8H2,1-3H3,(H,36,38,39). The van der Waals surface area contributed by atoms with Crippen molar-refractivity contribution in [1.82, 2.24) is 34.0 Å². The van der Waals surface area contributed by atoms with Crippen LogP contribution in [0.4, 0.5) is 30.6 Å². The second-order valence-electron chi connectivity index (χ2n) is 11.6. The Hall–Kier alpha value is -4.43. The number of amides is 1. The first-order chi connectivity index (χ1) is 21.5. The van der Waals surface area contributed by atoms with Gasteiger partial charge in [0, 0.05) is 31.7 Å². The van der Waals surface area contributed by atoms with Gasteiger partial charge in [-0.2, -0.15) is 23.3 Å². The molecule has 1 unspecified atom stereocenters. The van der Waals surface area contributed by atoms with Gasteiger partial charge in [0.2, 0.25) is 11.9 Å². The Morgan fingerprint density at radius 1 is 1.09 bits per heavy atom. The molecule has 0 spiro atoms. The number of hydrogen-bond donors (Lipinski definition) is 1. The number of rotatable bonds is 7. The van der Waals surface area contributed by atoms with Crippen molar-refractivity contribution in [2.75, 3.05) is 30.9 Å². The van der Waals surface area contributed by atoms with Crippen LogP contribution >= 0.6 is 11.6 Å². The molecular weight excluding hydrogens is 611 g/mol. The fourth-order valence-electron chi connectivity index (χ4n) is 5.77. The number of ether oxygens (including phenoxy) is 1. The predicted molar refractivity (Wildman–Crippen MR) is 162 cm³/mol. The van der Waals surface area contributed by atoms with Gasteiger partial charge in [0.05, 0.1) is 30.4 Å². The van der Waals surface area contributed by atoms with Crippen LogP contribution in [0.1, 0.15) is 42.9 Å². The van der Waals surface area contributed by atoms with Gasteiger partial charge in [0.15, 0.2) is 23.0 Å². The van der Waals surface area contributed by atoms with Gasteiger partial charge in [-0.25, -0.2) is 14.5 Å². The number of carbonyl (C=O) groups excluding carboxylic acids is 1. The van der Waals surface area contributed by atoms with Crippen molar-refractivity contribution in [2.24, 2.45) is 13.0 Å².